The first-order chi connectivity index (χ1) is 9.92. The molecule has 0 fully saturated rings. The van der Waals surface area contributed by atoms with E-state index in [1.54, 1.807) is 24.0 Å². The smallest absolute Gasteiger partial charge is 0.325 e. The third-order valence-electron chi connectivity index (χ3n) is 2.90. The summed E-state index contributed by atoms with van der Waals surface area (Å²) in [6.45, 7) is 6.62. The summed E-state index contributed by atoms with van der Waals surface area (Å²) in [7, 11) is 0. The highest BCUT2D eigenvalue weighted by molar-refractivity contribution is 5.83. The van der Waals surface area contributed by atoms with Crippen molar-refractivity contribution in [3.8, 4) is 0 Å². The second kappa shape index (κ2) is 8.29. The summed E-state index contributed by atoms with van der Waals surface area (Å²) in [4.78, 5) is 25.5. The van der Waals surface area contributed by atoms with Crippen LogP contribution in [0.4, 0.5) is 5.69 Å². The lowest BCUT2D eigenvalue weighted by Gasteiger charge is -2.23. The quantitative estimate of drug-likeness (QED) is 0.615. The second-order valence-corrected chi connectivity index (χ2v) is 5.39. The minimum absolute atomic E-state index is 0.000173. The number of ether oxygens (including phenoxy) is 1. The number of carbonyl (C=O) groups excluding carboxylic acids is 2. The average molecular weight is 292 g/mol. The first kappa shape index (κ1) is 17.0. The summed E-state index contributed by atoms with van der Waals surface area (Å²) in [6.07, 6.45) is 0.256. The molecule has 21 heavy (non-hydrogen) atoms. The van der Waals surface area contributed by atoms with E-state index in [0.29, 0.717) is 18.8 Å². The van der Waals surface area contributed by atoms with Gasteiger partial charge >= 0.3 is 5.97 Å². The maximum absolute atomic E-state index is 12.4. The van der Waals surface area contributed by atoms with Crippen molar-refractivity contribution in [2.75, 3.05) is 25.4 Å². The predicted octanol–water partition coefficient (Wildman–Crippen LogP) is 1.86. The van der Waals surface area contributed by atoms with Crippen LogP contribution < -0.4 is 5.73 Å². The van der Waals surface area contributed by atoms with Crippen LogP contribution in [0.25, 0.3) is 0 Å². The van der Waals surface area contributed by atoms with Gasteiger partial charge in [-0.25, -0.2) is 0 Å². The number of nitrogens with zero attached hydrogens (tertiary/aromatic N) is 1. The Morgan fingerprint density at radius 2 is 1.86 bits per heavy atom. The summed E-state index contributed by atoms with van der Waals surface area (Å²) in [5.74, 6) is -0.167. The van der Waals surface area contributed by atoms with Crippen molar-refractivity contribution >= 4 is 17.6 Å². The highest BCUT2D eigenvalue weighted by atomic mass is 16.5. The number of hydrogen-bond donors (Lipinski definition) is 1. The topological polar surface area (TPSA) is 72.6 Å². The van der Waals surface area contributed by atoms with E-state index in [-0.39, 0.29) is 30.8 Å². The molecule has 0 radical (unpaired) electrons. The van der Waals surface area contributed by atoms with Crippen molar-refractivity contribution in [3.05, 3.63) is 29.8 Å². The average Bonchev–Trinajstić information content (AvgIpc) is 2.40. The molecule has 0 heterocycles. The molecule has 0 saturated carbocycles. The van der Waals surface area contributed by atoms with E-state index in [9.17, 15) is 9.59 Å². The molecule has 0 atom stereocenters. The van der Waals surface area contributed by atoms with Crippen molar-refractivity contribution in [1.29, 1.82) is 0 Å². The van der Waals surface area contributed by atoms with Gasteiger partial charge in [0.25, 0.3) is 0 Å². The maximum atomic E-state index is 12.4. The van der Waals surface area contributed by atoms with Crippen molar-refractivity contribution in [2.45, 2.75) is 27.2 Å². The fourth-order valence-electron chi connectivity index (χ4n) is 1.98. The zero-order chi connectivity index (χ0) is 15.8. The lowest BCUT2D eigenvalue weighted by Crippen LogP contribution is -2.39. The molecule has 0 bridgehead atoms. The van der Waals surface area contributed by atoms with Gasteiger partial charge in [-0.3, -0.25) is 9.59 Å². The molecule has 0 aliphatic heterocycles. The Balaban J connectivity index is 2.70. The van der Waals surface area contributed by atoms with Crippen molar-refractivity contribution in [3.63, 3.8) is 0 Å². The molecule has 0 saturated heterocycles. The van der Waals surface area contributed by atoms with E-state index in [1.165, 1.54) is 0 Å². The third-order valence-corrected chi connectivity index (χ3v) is 2.90. The fraction of sp³-hybridized carbons (Fsp3) is 0.500. The van der Waals surface area contributed by atoms with E-state index in [2.05, 4.69) is 0 Å². The summed E-state index contributed by atoms with van der Waals surface area (Å²) >= 11 is 0. The Labute approximate surface area is 126 Å². The number of esters is 1. The van der Waals surface area contributed by atoms with Gasteiger partial charge in [0, 0.05) is 12.2 Å². The Morgan fingerprint density at radius 1 is 1.24 bits per heavy atom. The van der Waals surface area contributed by atoms with Crippen LogP contribution in [0.2, 0.25) is 0 Å². The zero-order valence-electron chi connectivity index (χ0n) is 13.0. The Morgan fingerprint density at radius 3 is 2.38 bits per heavy atom. The van der Waals surface area contributed by atoms with Crippen molar-refractivity contribution < 1.29 is 14.3 Å². The molecule has 0 aliphatic rings. The monoisotopic (exact) mass is 292 g/mol. The largest absolute Gasteiger partial charge is 0.465 e. The van der Waals surface area contributed by atoms with Crippen LogP contribution in [-0.2, 0) is 20.7 Å². The van der Waals surface area contributed by atoms with Gasteiger partial charge in [-0.1, -0.05) is 26.0 Å². The van der Waals surface area contributed by atoms with Gasteiger partial charge in [0.1, 0.15) is 6.54 Å². The van der Waals surface area contributed by atoms with Crippen LogP contribution in [0.15, 0.2) is 24.3 Å². The molecule has 5 nitrogen and oxygen atoms in total. The van der Waals surface area contributed by atoms with E-state index in [1.807, 2.05) is 26.0 Å². The first-order valence-electron chi connectivity index (χ1n) is 7.20. The van der Waals surface area contributed by atoms with Crippen LogP contribution in [0, 0.1) is 5.92 Å². The molecule has 116 valence electrons. The lowest BCUT2D eigenvalue weighted by atomic mass is 10.1. The van der Waals surface area contributed by atoms with Gasteiger partial charge < -0.3 is 15.4 Å². The molecular weight excluding hydrogens is 268 g/mol. The van der Waals surface area contributed by atoms with Gasteiger partial charge in [0.05, 0.1) is 13.0 Å². The highest BCUT2D eigenvalue weighted by Gasteiger charge is 2.19. The molecule has 0 aliphatic carbocycles. The van der Waals surface area contributed by atoms with Crippen LogP contribution in [0.1, 0.15) is 26.3 Å². The molecule has 1 amide bonds. The first-order valence-corrected chi connectivity index (χ1v) is 7.20. The van der Waals surface area contributed by atoms with Crippen LogP contribution in [-0.4, -0.2) is 36.5 Å². The number of benzene rings is 1. The summed E-state index contributed by atoms with van der Waals surface area (Å²) in [6, 6.07) is 7.18. The molecule has 1 rings (SSSR count). The molecule has 0 aromatic heterocycles. The molecule has 0 unspecified atom stereocenters. The Bertz CT molecular complexity index is 469. The number of nitrogen functional groups attached to an aromatic ring is 1. The number of rotatable bonds is 7. The molecule has 1 aromatic carbocycles. The Hall–Kier alpha value is -2.04. The normalized spacial score (nSPS) is 10.5. The SMILES string of the molecule is CCOC(=O)CN(CC(C)C)C(=O)Cc1ccc(N)cc1. The van der Waals surface area contributed by atoms with E-state index in [0.717, 1.165) is 5.56 Å². The minimum Gasteiger partial charge on any atom is -0.465 e. The predicted molar refractivity (Wildman–Crippen MR) is 82.6 cm³/mol. The second-order valence-electron chi connectivity index (χ2n) is 5.39. The summed E-state index contributed by atoms with van der Waals surface area (Å²) in [5.41, 5.74) is 7.17. The Kier molecular flexibility index (Phi) is 6.72. The van der Waals surface area contributed by atoms with Gasteiger partial charge in [0.15, 0.2) is 0 Å². The van der Waals surface area contributed by atoms with E-state index >= 15 is 0 Å². The number of carbonyl (C=O) groups is 2. The third kappa shape index (κ3) is 6.29. The molecule has 5 heteroatoms. The van der Waals surface area contributed by atoms with Crippen LogP contribution >= 0.6 is 0 Å². The standard InChI is InChI=1S/C16H24N2O3/c1-4-21-16(20)11-18(10-12(2)3)15(19)9-13-5-7-14(17)8-6-13/h5-8,12H,4,9-11,17H2,1-3H3. The van der Waals surface area contributed by atoms with Gasteiger partial charge in [0.2, 0.25) is 5.91 Å². The van der Waals surface area contributed by atoms with Gasteiger partial charge in [-0.05, 0) is 30.5 Å². The zero-order valence-corrected chi connectivity index (χ0v) is 13.0. The molecular formula is C16H24N2O3. The molecule has 1 aromatic rings. The molecule has 2 N–H and O–H groups in total. The number of hydrogen-bond acceptors (Lipinski definition) is 4. The van der Waals surface area contributed by atoms with Gasteiger partial charge in [-0.15, -0.1) is 0 Å². The summed E-state index contributed by atoms with van der Waals surface area (Å²) < 4.78 is 4.92. The highest BCUT2D eigenvalue weighted by Crippen LogP contribution is 2.09. The van der Waals surface area contributed by atoms with Crippen molar-refractivity contribution in [2.24, 2.45) is 5.92 Å². The van der Waals surface area contributed by atoms with Crippen molar-refractivity contribution in [1.82, 2.24) is 4.90 Å². The van der Waals surface area contributed by atoms with E-state index in [4.69, 9.17) is 10.5 Å². The number of nitrogens with two attached hydrogens (primary N) is 1. The fourth-order valence-corrected chi connectivity index (χ4v) is 1.98. The van der Waals surface area contributed by atoms with Crippen LogP contribution in [0.5, 0.6) is 0 Å². The maximum Gasteiger partial charge on any atom is 0.325 e. The lowest BCUT2D eigenvalue weighted by molar-refractivity contribution is -0.149. The van der Waals surface area contributed by atoms with E-state index < -0.39 is 0 Å². The summed E-state index contributed by atoms with van der Waals surface area (Å²) in [5, 5.41) is 0. The number of anilines is 1. The van der Waals surface area contributed by atoms with Gasteiger partial charge in [-0.2, -0.15) is 0 Å². The minimum atomic E-state index is -0.371. The van der Waals surface area contributed by atoms with Crippen LogP contribution in [0.3, 0.4) is 0 Å². The number of amides is 1. The molecule has 0 spiro atoms.